The van der Waals surface area contributed by atoms with E-state index in [9.17, 15) is 4.79 Å². The number of carbonyl (C=O) groups excluding carboxylic acids is 1. The van der Waals surface area contributed by atoms with E-state index in [0.29, 0.717) is 0 Å². The first-order chi connectivity index (χ1) is 6.31. The monoisotopic (exact) mass is 193 g/mol. The molecule has 1 aromatic heterocycles. The number of rotatable bonds is 1. The number of isocyanates is 1. The van der Waals surface area contributed by atoms with Gasteiger partial charge in [-0.05, 0) is 37.8 Å². The molecule has 1 aliphatic carbocycles. The lowest BCUT2D eigenvalue weighted by Crippen LogP contribution is -2.04. The molecule has 2 rings (SSSR count). The highest BCUT2D eigenvalue weighted by Crippen LogP contribution is 2.37. The zero-order valence-corrected chi connectivity index (χ0v) is 8.36. The maximum absolute atomic E-state index is 10.2. The van der Waals surface area contributed by atoms with Crippen LogP contribution >= 0.6 is 11.3 Å². The summed E-state index contributed by atoms with van der Waals surface area (Å²) in [5.41, 5.74) is 1.26. The Morgan fingerprint density at radius 2 is 2.54 bits per heavy atom. The van der Waals surface area contributed by atoms with Crippen molar-refractivity contribution < 1.29 is 4.79 Å². The van der Waals surface area contributed by atoms with Gasteiger partial charge in [0.05, 0.1) is 6.04 Å². The average Bonchev–Trinajstić information content (AvgIpc) is 2.47. The van der Waals surface area contributed by atoms with Crippen LogP contribution in [0.15, 0.2) is 11.1 Å². The molecule has 0 fully saturated rings. The molecule has 0 radical (unpaired) electrons. The summed E-state index contributed by atoms with van der Waals surface area (Å²) in [5, 5.41) is 0. The molecule has 1 heterocycles. The van der Waals surface area contributed by atoms with E-state index in [1.807, 2.05) is 11.3 Å². The molecule has 1 aromatic rings. The van der Waals surface area contributed by atoms with Crippen molar-refractivity contribution >= 4 is 17.4 Å². The fraction of sp³-hybridized carbons (Fsp3) is 0.500. The van der Waals surface area contributed by atoms with E-state index in [1.165, 1.54) is 15.3 Å². The summed E-state index contributed by atoms with van der Waals surface area (Å²) in [6, 6.07) is 2.25. The lowest BCUT2D eigenvalue weighted by molar-refractivity contribution is 0.540. The van der Waals surface area contributed by atoms with Crippen LogP contribution in [-0.2, 0) is 11.2 Å². The smallest absolute Gasteiger partial charge is 0.211 e. The van der Waals surface area contributed by atoms with Gasteiger partial charge in [0, 0.05) is 9.75 Å². The minimum atomic E-state index is 0.0891. The Morgan fingerprint density at radius 1 is 1.69 bits per heavy atom. The van der Waals surface area contributed by atoms with Crippen molar-refractivity contribution in [2.45, 2.75) is 32.2 Å². The summed E-state index contributed by atoms with van der Waals surface area (Å²) in [6.07, 6.45) is 4.96. The lowest BCUT2D eigenvalue weighted by Gasteiger charge is -2.16. The van der Waals surface area contributed by atoms with Crippen LogP contribution in [0.4, 0.5) is 0 Å². The Morgan fingerprint density at radius 3 is 3.31 bits per heavy atom. The molecule has 1 aliphatic rings. The van der Waals surface area contributed by atoms with E-state index in [0.717, 1.165) is 19.3 Å². The normalized spacial score (nSPS) is 20.5. The number of fused-ring (bicyclic) bond motifs is 1. The zero-order valence-electron chi connectivity index (χ0n) is 7.54. The molecule has 1 atom stereocenters. The quantitative estimate of drug-likeness (QED) is 0.498. The Bertz CT molecular complexity index is 363. The third-order valence-electron chi connectivity index (χ3n) is 2.41. The fourth-order valence-corrected chi connectivity index (χ4v) is 3.00. The van der Waals surface area contributed by atoms with Crippen molar-refractivity contribution in [3.8, 4) is 0 Å². The maximum atomic E-state index is 10.2. The standard InChI is InChI=1S/C10H11NOS/c1-7-5-8-9(11-6-12)3-2-4-10(8)13-7/h5,9H,2-4H2,1H3. The van der Waals surface area contributed by atoms with Crippen molar-refractivity contribution in [2.24, 2.45) is 4.99 Å². The summed E-state index contributed by atoms with van der Waals surface area (Å²) < 4.78 is 0. The second-order valence-corrected chi connectivity index (χ2v) is 4.70. The number of nitrogens with zero attached hydrogens (tertiary/aromatic N) is 1. The molecule has 0 amide bonds. The molecule has 0 spiro atoms. The van der Waals surface area contributed by atoms with Crippen molar-refractivity contribution in [1.82, 2.24) is 0 Å². The Labute approximate surface area is 81.3 Å². The number of hydrogen-bond donors (Lipinski definition) is 0. The summed E-state index contributed by atoms with van der Waals surface area (Å²) in [4.78, 5) is 16.8. The van der Waals surface area contributed by atoms with Crippen molar-refractivity contribution in [3.63, 3.8) is 0 Å². The molecule has 1 unspecified atom stereocenters. The number of aryl methyl sites for hydroxylation is 2. The minimum Gasteiger partial charge on any atom is -0.211 e. The van der Waals surface area contributed by atoms with E-state index in [1.54, 1.807) is 6.08 Å². The second-order valence-electron chi connectivity index (χ2n) is 3.36. The van der Waals surface area contributed by atoms with Crippen LogP contribution in [0.3, 0.4) is 0 Å². The molecule has 0 N–H and O–H groups in total. The molecular weight excluding hydrogens is 182 g/mol. The molecule has 2 nitrogen and oxygen atoms in total. The third-order valence-corrected chi connectivity index (χ3v) is 3.54. The highest BCUT2D eigenvalue weighted by molar-refractivity contribution is 7.12. The molecule has 0 aromatic carbocycles. The van der Waals surface area contributed by atoms with Gasteiger partial charge in [-0.2, -0.15) is 4.99 Å². The van der Waals surface area contributed by atoms with Gasteiger partial charge in [-0.3, -0.25) is 0 Å². The Kier molecular flexibility index (Phi) is 2.30. The van der Waals surface area contributed by atoms with Crippen LogP contribution in [0.25, 0.3) is 0 Å². The summed E-state index contributed by atoms with van der Waals surface area (Å²) >= 11 is 1.83. The maximum Gasteiger partial charge on any atom is 0.235 e. The van der Waals surface area contributed by atoms with Gasteiger partial charge in [0.2, 0.25) is 6.08 Å². The molecule has 0 aliphatic heterocycles. The van der Waals surface area contributed by atoms with Gasteiger partial charge in [0.15, 0.2) is 0 Å². The van der Waals surface area contributed by atoms with Gasteiger partial charge in [-0.25, -0.2) is 4.79 Å². The topological polar surface area (TPSA) is 29.4 Å². The number of hydrogen-bond acceptors (Lipinski definition) is 3. The highest BCUT2D eigenvalue weighted by atomic mass is 32.1. The molecule has 3 heteroatoms. The molecule has 13 heavy (non-hydrogen) atoms. The van der Waals surface area contributed by atoms with Gasteiger partial charge >= 0.3 is 0 Å². The first-order valence-electron chi connectivity index (χ1n) is 4.47. The molecule has 0 bridgehead atoms. The van der Waals surface area contributed by atoms with Crippen molar-refractivity contribution in [1.29, 1.82) is 0 Å². The van der Waals surface area contributed by atoms with Gasteiger partial charge in [0.1, 0.15) is 0 Å². The summed E-state index contributed by atoms with van der Waals surface area (Å²) in [7, 11) is 0. The molecule has 0 saturated carbocycles. The van der Waals surface area contributed by atoms with E-state index >= 15 is 0 Å². The van der Waals surface area contributed by atoms with Crippen LogP contribution in [-0.4, -0.2) is 6.08 Å². The third kappa shape index (κ3) is 1.58. The molecule has 0 saturated heterocycles. The van der Waals surface area contributed by atoms with E-state index in [2.05, 4.69) is 18.0 Å². The lowest BCUT2D eigenvalue weighted by atomic mass is 9.94. The van der Waals surface area contributed by atoms with E-state index in [-0.39, 0.29) is 6.04 Å². The zero-order chi connectivity index (χ0) is 9.26. The van der Waals surface area contributed by atoms with Crippen molar-refractivity contribution in [2.75, 3.05) is 0 Å². The first-order valence-corrected chi connectivity index (χ1v) is 5.29. The van der Waals surface area contributed by atoms with Crippen LogP contribution in [0, 0.1) is 6.92 Å². The van der Waals surface area contributed by atoms with Gasteiger partial charge in [0.25, 0.3) is 0 Å². The minimum absolute atomic E-state index is 0.0891. The highest BCUT2D eigenvalue weighted by Gasteiger charge is 2.21. The average molecular weight is 193 g/mol. The molecular formula is C10H11NOS. The summed E-state index contributed by atoms with van der Waals surface area (Å²) in [6.45, 7) is 2.10. The van der Waals surface area contributed by atoms with Crippen molar-refractivity contribution in [3.05, 3.63) is 21.4 Å². The predicted octanol–water partition coefficient (Wildman–Crippen LogP) is 2.77. The van der Waals surface area contributed by atoms with Crippen LogP contribution in [0.5, 0.6) is 0 Å². The Hall–Kier alpha value is -0.920. The predicted molar refractivity (Wildman–Crippen MR) is 52.9 cm³/mol. The number of thiophene rings is 1. The SMILES string of the molecule is Cc1cc2c(s1)CCCC2N=C=O. The van der Waals surface area contributed by atoms with Gasteiger partial charge < -0.3 is 0 Å². The Balaban J connectivity index is 2.41. The van der Waals surface area contributed by atoms with Crippen LogP contribution in [0.1, 0.15) is 34.2 Å². The van der Waals surface area contributed by atoms with Gasteiger partial charge in [-0.1, -0.05) is 0 Å². The fourth-order valence-electron chi connectivity index (χ4n) is 1.87. The van der Waals surface area contributed by atoms with Gasteiger partial charge in [-0.15, -0.1) is 11.3 Å². The summed E-state index contributed by atoms with van der Waals surface area (Å²) in [5.74, 6) is 0. The van der Waals surface area contributed by atoms with Crippen LogP contribution < -0.4 is 0 Å². The molecule has 68 valence electrons. The van der Waals surface area contributed by atoms with E-state index < -0.39 is 0 Å². The van der Waals surface area contributed by atoms with E-state index in [4.69, 9.17) is 0 Å². The first kappa shape index (κ1) is 8.67. The number of aliphatic imine (C=N–C) groups is 1. The van der Waals surface area contributed by atoms with Crippen LogP contribution in [0.2, 0.25) is 0 Å². The largest absolute Gasteiger partial charge is 0.235 e. The second kappa shape index (κ2) is 3.44.